The number of hydrogen-bond donors (Lipinski definition) is 1. The largest absolute Gasteiger partial charge is 0.871 e. The van der Waals surface area contributed by atoms with E-state index >= 15 is 0 Å². The molecule has 3 heterocycles. The maximum absolute atomic E-state index is 13.8. The summed E-state index contributed by atoms with van der Waals surface area (Å²) < 4.78 is 1.67. The zero-order chi connectivity index (χ0) is 24.4. The maximum atomic E-state index is 13.8. The third kappa shape index (κ3) is 4.33. The Morgan fingerprint density at radius 2 is 1.82 bits per heavy atom. The van der Waals surface area contributed by atoms with Gasteiger partial charge in [-0.15, -0.1) is 0 Å². The molecular weight excluding hydrogens is 452 g/mol. The van der Waals surface area contributed by atoms with Crippen molar-refractivity contribution in [3.05, 3.63) is 76.2 Å². The number of nitrogens with zero attached hydrogens (tertiary/aromatic N) is 3. The van der Waals surface area contributed by atoms with Crippen LogP contribution < -0.4 is 10.0 Å². The van der Waals surface area contributed by atoms with Gasteiger partial charge in [0.15, 0.2) is 0 Å². The van der Waals surface area contributed by atoms with Gasteiger partial charge in [-0.2, -0.15) is 0 Å². The number of Topliss-reactive ketones (excluding diaryl/α,β-unsaturated/α-hetero) is 1. The summed E-state index contributed by atoms with van der Waals surface area (Å²) in [4.78, 5) is 33.8. The lowest BCUT2D eigenvalue weighted by Gasteiger charge is -2.28. The van der Waals surface area contributed by atoms with E-state index in [1.165, 1.54) is 4.90 Å². The molecule has 3 aromatic rings. The van der Waals surface area contributed by atoms with Crippen molar-refractivity contribution in [3.63, 3.8) is 0 Å². The molecule has 0 radical (unpaired) electrons. The Bertz CT molecular complexity index is 1240. The highest BCUT2D eigenvalue weighted by Gasteiger charge is 2.44. The Morgan fingerprint density at radius 1 is 1.12 bits per heavy atom. The number of amides is 1. The summed E-state index contributed by atoms with van der Waals surface area (Å²) in [5.41, 5.74) is 2.09. The topological polar surface area (TPSA) is 82.2 Å². The van der Waals surface area contributed by atoms with Gasteiger partial charge in [-0.1, -0.05) is 35.6 Å². The Kier molecular flexibility index (Phi) is 7.05. The Hall–Kier alpha value is -3.16. The molecular formula is C26H29ClN4O3. The van der Waals surface area contributed by atoms with Crippen LogP contribution in [0.3, 0.4) is 0 Å². The van der Waals surface area contributed by atoms with Crippen LogP contribution in [0.4, 0.5) is 0 Å². The van der Waals surface area contributed by atoms with E-state index < -0.39 is 23.5 Å². The summed E-state index contributed by atoms with van der Waals surface area (Å²) in [5.74, 6) is -1.85. The van der Waals surface area contributed by atoms with Crippen molar-refractivity contribution < 1.29 is 19.6 Å². The number of aryl methyl sites for hydroxylation is 1. The lowest BCUT2D eigenvalue weighted by Crippen LogP contribution is -3.11. The molecule has 1 aliphatic rings. The first kappa shape index (κ1) is 24.0. The Morgan fingerprint density at radius 3 is 2.50 bits per heavy atom. The van der Waals surface area contributed by atoms with Crippen LogP contribution in [-0.4, -0.2) is 52.2 Å². The summed E-state index contributed by atoms with van der Waals surface area (Å²) in [7, 11) is 0. The number of carbonyl (C=O) groups excluding carboxylic acids is 2. The Labute approximate surface area is 204 Å². The summed E-state index contributed by atoms with van der Waals surface area (Å²) in [5, 5.41) is 14.4. The number of likely N-dealkylation sites (tertiary alicyclic amines) is 1. The van der Waals surface area contributed by atoms with Gasteiger partial charge >= 0.3 is 0 Å². The molecule has 1 aromatic carbocycles. The SMILES string of the molecule is CC[NH+](CC)CCCN1C(=O)C(=O)C(=C([O-])c2c(C)nc3ccccn23)C1c1ccc(Cl)cc1. The number of imidazole rings is 1. The molecule has 2 aromatic heterocycles. The first-order chi connectivity index (χ1) is 16.4. The quantitative estimate of drug-likeness (QED) is 0.303. The van der Waals surface area contributed by atoms with Crippen LogP contribution in [0, 0.1) is 6.92 Å². The highest BCUT2D eigenvalue weighted by Crippen LogP contribution is 2.39. The van der Waals surface area contributed by atoms with Crippen LogP contribution in [0.5, 0.6) is 0 Å². The number of hydrogen-bond acceptors (Lipinski definition) is 4. The number of halogens is 1. The second-order valence-corrected chi connectivity index (χ2v) is 9.00. The predicted octanol–water partition coefficient (Wildman–Crippen LogP) is 1.83. The molecule has 34 heavy (non-hydrogen) atoms. The maximum Gasteiger partial charge on any atom is 0.295 e. The van der Waals surface area contributed by atoms with Crippen molar-refractivity contribution in [1.29, 1.82) is 0 Å². The lowest BCUT2D eigenvalue weighted by molar-refractivity contribution is -0.896. The molecule has 7 nitrogen and oxygen atoms in total. The van der Waals surface area contributed by atoms with E-state index in [0.717, 1.165) is 26.1 Å². The third-order valence-electron chi connectivity index (χ3n) is 6.56. The van der Waals surface area contributed by atoms with Gasteiger partial charge in [0.2, 0.25) is 5.78 Å². The van der Waals surface area contributed by atoms with Gasteiger partial charge in [0.05, 0.1) is 37.1 Å². The molecule has 1 unspecified atom stereocenters. The van der Waals surface area contributed by atoms with Gasteiger partial charge in [0, 0.05) is 29.8 Å². The van der Waals surface area contributed by atoms with Gasteiger partial charge < -0.3 is 19.3 Å². The van der Waals surface area contributed by atoms with E-state index in [-0.39, 0.29) is 5.57 Å². The van der Waals surface area contributed by atoms with Crippen LogP contribution in [0.2, 0.25) is 5.02 Å². The number of quaternary nitrogens is 1. The summed E-state index contributed by atoms with van der Waals surface area (Å²) in [6, 6.07) is 11.7. The van der Waals surface area contributed by atoms with Crippen molar-refractivity contribution in [2.24, 2.45) is 0 Å². The average Bonchev–Trinajstić information content (AvgIpc) is 3.30. The van der Waals surface area contributed by atoms with E-state index in [4.69, 9.17) is 11.6 Å². The Balaban J connectivity index is 1.81. The molecule has 1 amide bonds. The van der Waals surface area contributed by atoms with Gasteiger partial charge in [-0.05, 0) is 50.6 Å². The number of pyridine rings is 1. The number of carbonyl (C=O) groups is 2. The van der Waals surface area contributed by atoms with E-state index in [2.05, 4.69) is 18.8 Å². The molecule has 178 valence electrons. The smallest absolute Gasteiger partial charge is 0.295 e. The van der Waals surface area contributed by atoms with Crippen LogP contribution in [0.25, 0.3) is 11.4 Å². The van der Waals surface area contributed by atoms with Gasteiger partial charge in [-0.25, -0.2) is 4.98 Å². The predicted molar refractivity (Wildman–Crippen MR) is 129 cm³/mol. The van der Waals surface area contributed by atoms with E-state index in [9.17, 15) is 14.7 Å². The van der Waals surface area contributed by atoms with Gasteiger partial charge in [-0.3, -0.25) is 9.59 Å². The van der Waals surface area contributed by atoms with E-state index in [1.54, 1.807) is 58.8 Å². The minimum Gasteiger partial charge on any atom is -0.871 e. The van der Waals surface area contributed by atoms with Gasteiger partial charge in [0.25, 0.3) is 5.91 Å². The normalized spacial score (nSPS) is 17.9. The average molecular weight is 481 g/mol. The van der Waals surface area contributed by atoms with Gasteiger partial charge in [0.1, 0.15) is 5.65 Å². The number of rotatable bonds is 8. The van der Waals surface area contributed by atoms with Crippen molar-refractivity contribution in [3.8, 4) is 0 Å². The molecule has 0 spiro atoms. The second kappa shape index (κ2) is 9.99. The lowest BCUT2D eigenvalue weighted by atomic mass is 9.96. The highest BCUT2D eigenvalue weighted by atomic mass is 35.5. The molecule has 0 saturated carbocycles. The van der Waals surface area contributed by atoms with E-state index in [0.29, 0.717) is 34.2 Å². The molecule has 1 aliphatic heterocycles. The first-order valence-electron chi connectivity index (χ1n) is 11.7. The van der Waals surface area contributed by atoms with E-state index in [1.807, 2.05) is 6.07 Å². The van der Waals surface area contributed by atoms with Crippen LogP contribution in [0.15, 0.2) is 54.2 Å². The zero-order valence-corrected chi connectivity index (χ0v) is 20.4. The minimum absolute atomic E-state index is 0.0312. The first-order valence-corrected chi connectivity index (χ1v) is 12.0. The number of nitrogens with one attached hydrogen (secondary N) is 1. The van der Waals surface area contributed by atoms with Crippen LogP contribution in [0.1, 0.15) is 43.3 Å². The fraction of sp³-hybridized carbons (Fsp3) is 0.346. The molecule has 8 heteroatoms. The molecule has 1 N–H and O–H groups in total. The minimum atomic E-state index is -0.759. The monoisotopic (exact) mass is 480 g/mol. The molecule has 0 aliphatic carbocycles. The molecule has 1 atom stereocenters. The van der Waals surface area contributed by atoms with Crippen molar-refractivity contribution in [2.45, 2.75) is 33.2 Å². The fourth-order valence-electron chi connectivity index (χ4n) is 4.71. The number of fused-ring (bicyclic) bond motifs is 1. The molecule has 0 bridgehead atoms. The van der Waals surface area contributed by atoms with Crippen molar-refractivity contribution in [1.82, 2.24) is 14.3 Å². The molecule has 4 rings (SSSR count). The summed E-state index contributed by atoms with van der Waals surface area (Å²) in [6.45, 7) is 9.26. The highest BCUT2D eigenvalue weighted by molar-refractivity contribution is 6.46. The molecule has 1 fully saturated rings. The van der Waals surface area contributed by atoms with Crippen molar-refractivity contribution >= 4 is 34.7 Å². The summed E-state index contributed by atoms with van der Waals surface area (Å²) >= 11 is 6.09. The number of ketones is 1. The number of aromatic nitrogens is 2. The third-order valence-corrected chi connectivity index (χ3v) is 6.82. The standard InChI is InChI=1S/C26H29ClN4O3/c1-4-29(5-2)14-8-16-31-23(18-10-12-19(27)13-11-18)21(25(33)26(31)34)24(32)22-17(3)28-20-9-6-7-15-30(20)22/h6-7,9-13,15,23,32H,4-5,8,14,16H2,1-3H3. The second-order valence-electron chi connectivity index (χ2n) is 8.56. The zero-order valence-electron chi connectivity index (χ0n) is 19.7. The van der Waals surface area contributed by atoms with Crippen LogP contribution in [-0.2, 0) is 9.59 Å². The summed E-state index contributed by atoms with van der Waals surface area (Å²) in [6.07, 6.45) is 2.47. The van der Waals surface area contributed by atoms with Crippen LogP contribution >= 0.6 is 11.6 Å². The molecule has 1 saturated heterocycles. The number of benzene rings is 1. The van der Waals surface area contributed by atoms with Crippen molar-refractivity contribution in [2.75, 3.05) is 26.2 Å². The fourth-order valence-corrected chi connectivity index (χ4v) is 4.84.